The van der Waals surface area contributed by atoms with Crippen LogP contribution >= 0.6 is 0 Å². The van der Waals surface area contributed by atoms with Gasteiger partial charge in [-0.15, -0.1) is 0 Å². The summed E-state index contributed by atoms with van der Waals surface area (Å²) in [6.45, 7) is 5.57. The van der Waals surface area contributed by atoms with Crippen LogP contribution in [0.4, 0.5) is 4.79 Å². The highest BCUT2D eigenvalue weighted by atomic mass is 16.6. The highest BCUT2D eigenvalue weighted by molar-refractivity contribution is 5.89. The number of carbonyl (C=O) groups is 1. The second kappa shape index (κ2) is 7.83. The maximum absolute atomic E-state index is 11.9. The van der Waals surface area contributed by atoms with E-state index in [4.69, 9.17) is 9.47 Å². The second-order valence-electron chi connectivity index (χ2n) is 7.86. The fourth-order valence-corrected chi connectivity index (χ4v) is 3.32. The number of alkyl carbamates (subject to hydrolysis) is 1. The fraction of sp³-hybridized carbons (Fsp3) is 0.476. The molecule has 3 rings (SSSR count). The summed E-state index contributed by atoms with van der Waals surface area (Å²) < 4.78 is 11.5. The largest absolute Gasteiger partial charge is 0.490 e. The Morgan fingerprint density at radius 3 is 2.63 bits per heavy atom. The van der Waals surface area contributed by atoms with Crippen molar-refractivity contribution in [3.05, 3.63) is 36.0 Å². The summed E-state index contributed by atoms with van der Waals surface area (Å²) in [6.07, 6.45) is 4.78. The summed E-state index contributed by atoms with van der Waals surface area (Å²) in [4.78, 5) is 16.2. The number of nitriles is 1. The SMILES string of the molecule is CC(C)(C)OC(=O)N[C@H]1CC[C@H](Oc2ccc(C#N)c3ncccc23)CC1. The number of hydrogen-bond donors (Lipinski definition) is 1. The molecule has 1 aromatic heterocycles. The molecule has 1 amide bonds. The molecule has 142 valence electrons. The molecule has 1 aliphatic rings. The number of nitrogens with zero attached hydrogens (tertiary/aromatic N) is 2. The Morgan fingerprint density at radius 1 is 1.22 bits per heavy atom. The van der Waals surface area contributed by atoms with E-state index in [1.54, 1.807) is 12.3 Å². The van der Waals surface area contributed by atoms with Gasteiger partial charge < -0.3 is 14.8 Å². The van der Waals surface area contributed by atoms with Crippen molar-refractivity contribution in [2.75, 3.05) is 0 Å². The predicted octanol–water partition coefficient (Wildman–Crippen LogP) is 4.32. The van der Waals surface area contributed by atoms with Crippen molar-refractivity contribution in [1.29, 1.82) is 5.26 Å². The Labute approximate surface area is 159 Å². The first-order chi connectivity index (χ1) is 12.9. The molecule has 1 saturated carbocycles. The third-order valence-electron chi connectivity index (χ3n) is 4.54. The molecule has 2 aromatic rings. The lowest BCUT2D eigenvalue weighted by molar-refractivity contribution is 0.0471. The molecule has 0 saturated heterocycles. The first-order valence-corrected chi connectivity index (χ1v) is 9.30. The highest BCUT2D eigenvalue weighted by Gasteiger charge is 2.26. The van der Waals surface area contributed by atoms with Crippen LogP contribution in [0.3, 0.4) is 0 Å². The van der Waals surface area contributed by atoms with Gasteiger partial charge in [-0.1, -0.05) is 0 Å². The molecule has 1 aromatic carbocycles. The lowest BCUT2D eigenvalue weighted by Gasteiger charge is -2.30. The van der Waals surface area contributed by atoms with Gasteiger partial charge in [0.05, 0.1) is 17.2 Å². The number of hydrogen-bond acceptors (Lipinski definition) is 5. The van der Waals surface area contributed by atoms with Gasteiger partial charge in [0.2, 0.25) is 0 Å². The van der Waals surface area contributed by atoms with Gasteiger partial charge in [0.25, 0.3) is 0 Å². The average Bonchev–Trinajstić information content (AvgIpc) is 2.62. The lowest BCUT2D eigenvalue weighted by Crippen LogP contribution is -2.42. The van der Waals surface area contributed by atoms with Crippen molar-refractivity contribution < 1.29 is 14.3 Å². The molecule has 0 spiro atoms. The molecule has 1 N–H and O–H groups in total. The molecule has 0 bridgehead atoms. The van der Waals surface area contributed by atoms with E-state index >= 15 is 0 Å². The number of amides is 1. The number of ether oxygens (including phenoxy) is 2. The minimum absolute atomic E-state index is 0.0815. The van der Waals surface area contributed by atoms with Crippen LogP contribution in [0.15, 0.2) is 30.5 Å². The number of rotatable bonds is 3. The number of nitrogens with one attached hydrogen (secondary N) is 1. The molecule has 0 unspecified atom stereocenters. The molecule has 6 nitrogen and oxygen atoms in total. The van der Waals surface area contributed by atoms with Gasteiger partial charge in [-0.05, 0) is 70.7 Å². The van der Waals surface area contributed by atoms with E-state index in [-0.39, 0.29) is 18.2 Å². The number of carbonyl (C=O) groups excluding carboxylic acids is 1. The van der Waals surface area contributed by atoms with Gasteiger partial charge in [-0.3, -0.25) is 4.98 Å². The Bertz CT molecular complexity index is 859. The van der Waals surface area contributed by atoms with Crippen molar-refractivity contribution in [2.24, 2.45) is 0 Å². The van der Waals surface area contributed by atoms with Gasteiger partial charge in [-0.2, -0.15) is 5.26 Å². The zero-order chi connectivity index (χ0) is 19.4. The Hall–Kier alpha value is -2.81. The van der Waals surface area contributed by atoms with Gasteiger partial charge >= 0.3 is 6.09 Å². The molecular weight excluding hydrogens is 342 g/mol. The molecule has 1 aliphatic carbocycles. The van der Waals surface area contributed by atoms with Crippen LogP contribution in [0.1, 0.15) is 52.0 Å². The van der Waals surface area contributed by atoms with Crippen molar-refractivity contribution in [2.45, 2.75) is 64.2 Å². The van der Waals surface area contributed by atoms with E-state index in [9.17, 15) is 10.1 Å². The smallest absolute Gasteiger partial charge is 0.407 e. The lowest BCUT2D eigenvalue weighted by atomic mass is 9.93. The van der Waals surface area contributed by atoms with Gasteiger partial charge in [0, 0.05) is 17.6 Å². The standard InChI is InChI=1S/C21H25N3O3/c1-21(2,3)27-20(25)24-15-7-9-16(10-8-15)26-18-11-6-14(13-22)19-17(18)5-4-12-23-19/h4-6,11-12,15-16H,7-10H2,1-3H3,(H,24,25)/t15-,16-. The summed E-state index contributed by atoms with van der Waals surface area (Å²) in [5.41, 5.74) is 0.718. The molecular formula is C21H25N3O3. The molecule has 1 heterocycles. The van der Waals surface area contributed by atoms with Crippen LogP contribution in [0.2, 0.25) is 0 Å². The number of fused-ring (bicyclic) bond motifs is 1. The van der Waals surface area contributed by atoms with E-state index < -0.39 is 5.60 Å². The Balaban J connectivity index is 1.60. The van der Waals surface area contributed by atoms with Crippen LogP contribution < -0.4 is 10.1 Å². The van der Waals surface area contributed by atoms with Crippen molar-refractivity contribution in [1.82, 2.24) is 10.3 Å². The summed E-state index contributed by atoms with van der Waals surface area (Å²) in [5, 5.41) is 13.0. The zero-order valence-electron chi connectivity index (χ0n) is 16.0. The van der Waals surface area contributed by atoms with E-state index in [0.717, 1.165) is 36.8 Å². The molecule has 0 atom stereocenters. The van der Waals surface area contributed by atoms with Crippen LogP contribution in [0, 0.1) is 11.3 Å². The highest BCUT2D eigenvalue weighted by Crippen LogP contribution is 2.30. The molecule has 0 radical (unpaired) electrons. The second-order valence-corrected chi connectivity index (χ2v) is 7.86. The number of pyridine rings is 1. The van der Waals surface area contributed by atoms with Gasteiger partial charge in [-0.25, -0.2) is 4.79 Å². The van der Waals surface area contributed by atoms with Crippen molar-refractivity contribution in [3.63, 3.8) is 0 Å². The summed E-state index contributed by atoms with van der Waals surface area (Å²) >= 11 is 0. The Morgan fingerprint density at radius 2 is 1.96 bits per heavy atom. The van der Waals surface area contributed by atoms with E-state index in [0.29, 0.717) is 11.1 Å². The summed E-state index contributed by atoms with van der Waals surface area (Å²) in [5.74, 6) is 0.751. The minimum Gasteiger partial charge on any atom is -0.490 e. The molecule has 1 fully saturated rings. The van der Waals surface area contributed by atoms with Crippen LogP contribution in [-0.4, -0.2) is 28.8 Å². The first-order valence-electron chi connectivity index (χ1n) is 9.30. The minimum atomic E-state index is -0.491. The van der Waals surface area contributed by atoms with E-state index in [1.165, 1.54) is 0 Å². The number of benzene rings is 1. The van der Waals surface area contributed by atoms with Gasteiger partial charge in [0.1, 0.15) is 17.4 Å². The molecule has 6 heteroatoms. The van der Waals surface area contributed by atoms with E-state index in [2.05, 4.69) is 16.4 Å². The van der Waals surface area contributed by atoms with Gasteiger partial charge in [0.15, 0.2) is 0 Å². The van der Waals surface area contributed by atoms with Crippen molar-refractivity contribution in [3.8, 4) is 11.8 Å². The number of aromatic nitrogens is 1. The van der Waals surface area contributed by atoms with Crippen LogP contribution in [0.25, 0.3) is 10.9 Å². The molecule has 27 heavy (non-hydrogen) atoms. The van der Waals surface area contributed by atoms with Crippen LogP contribution in [-0.2, 0) is 4.74 Å². The summed E-state index contributed by atoms with van der Waals surface area (Å²) in [6, 6.07) is 9.64. The average molecular weight is 367 g/mol. The maximum Gasteiger partial charge on any atom is 0.407 e. The quantitative estimate of drug-likeness (QED) is 0.873. The normalized spacial score (nSPS) is 19.9. The fourth-order valence-electron chi connectivity index (χ4n) is 3.32. The predicted molar refractivity (Wildman–Crippen MR) is 102 cm³/mol. The molecule has 0 aliphatic heterocycles. The third-order valence-corrected chi connectivity index (χ3v) is 4.54. The first kappa shape index (κ1) is 19.0. The Kier molecular flexibility index (Phi) is 5.50. The maximum atomic E-state index is 11.9. The monoisotopic (exact) mass is 367 g/mol. The van der Waals surface area contributed by atoms with E-state index in [1.807, 2.05) is 39.0 Å². The van der Waals surface area contributed by atoms with Crippen molar-refractivity contribution >= 4 is 17.0 Å². The third kappa shape index (κ3) is 4.88. The zero-order valence-corrected chi connectivity index (χ0v) is 16.0. The topological polar surface area (TPSA) is 84.2 Å². The van der Waals surface area contributed by atoms with Crippen LogP contribution in [0.5, 0.6) is 5.75 Å². The summed E-state index contributed by atoms with van der Waals surface area (Å²) in [7, 11) is 0.